The van der Waals surface area contributed by atoms with Gasteiger partial charge >= 0.3 is 0 Å². The summed E-state index contributed by atoms with van der Waals surface area (Å²) in [6.07, 6.45) is -2.37. The van der Waals surface area contributed by atoms with Crippen molar-refractivity contribution in [1.82, 2.24) is 19.1 Å². The third-order valence-corrected chi connectivity index (χ3v) is 5.42. The van der Waals surface area contributed by atoms with Crippen molar-refractivity contribution in [3.63, 3.8) is 0 Å². The maximum Gasteiger partial charge on any atom is 0.244 e. The quantitative estimate of drug-likeness (QED) is 0.827. The van der Waals surface area contributed by atoms with Crippen molar-refractivity contribution < 1.29 is 17.2 Å². The molecule has 21 heavy (non-hydrogen) atoms. The van der Waals surface area contributed by atoms with Gasteiger partial charge in [-0.05, 0) is 13.0 Å². The van der Waals surface area contributed by atoms with Crippen LogP contribution in [0.2, 0.25) is 0 Å². The molecule has 1 fully saturated rings. The minimum Gasteiger partial charge on any atom is -0.250 e. The summed E-state index contributed by atoms with van der Waals surface area (Å²) < 4.78 is 53.6. The molecule has 0 bridgehead atoms. The molecule has 1 saturated heterocycles. The van der Waals surface area contributed by atoms with Gasteiger partial charge in [-0.1, -0.05) is 0 Å². The molecule has 6 nitrogen and oxygen atoms in total. The highest BCUT2D eigenvalue weighted by atomic mass is 32.2. The lowest BCUT2D eigenvalue weighted by molar-refractivity contribution is 0.217. The summed E-state index contributed by atoms with van der Waals surface area (Å²) in [5.41, 5.74) is 1.20. The van der Waals surface area contributed by atoms with Crippen LogP contribution in [0.3, 0.4) is 0 Å². The maximum absolute atomic E-state index is 13.2. The summed E-state index contributed by atoms with van der Waals surface area (Å²) in [4.78, 5) is 4.01. The third kappa shape index (κ3) is 2.20. The summed E-state index contributed by atoms with van der Waals surface area (Å²) in [5, 5.41) is 4.76. The summed E-state index contributed by atoms with van der Waals surface area (Å²) in [6.45, 7) is 0.812. The molecular weight excluding hydrogens is 302 g/mol. The molecule has 0 unspecified atom stereocenters. The van der Waals surface area contributed by atoms with Crippen LogP contribution in [-0.4, -0.2) is 52.9 Å². The molecule has 1 aliphatic rings. The molecule has 3 heterocycles. The van der Waals surface area contributed by atoms with E-state index in [9.17, 15) is 17.2 Å². The van der Waals surface area contributed by atoms with Crippen LogP contribution < -0.4 is 0 Å². The Kier molecular flexibility index (Phi) is 3.21. The van der Waals surface area contributed by atoms with Crippen LogP contribution in [0.5, 0.6) is 0 Å². The van der Waals surface area contributed by atoms with Crippen molar-refractivity contribution >= 4 is 21.1 Å². The largest absolute Gasteiger partial charge is 0.250 e. The highest BCUT2D eigenvalue weighted by molar-refractivity contribution is 7.89. The molecule has 9 heteroatoms. The highest BCUT2D eigenvalue weighted by Crippen LogP contribution is 2.26. The zero-order valence-corrected chi connectivity index (χ0v) is 12.3. The van der Waals surface area contributed by atoms with Gasteiger partial charge in [0.1, 0.15) is 17.2 Å². The molecule has 0 aliphatic carbocycles. The van der Waals surface area contributed by atoms with Gasteiger partial charge in [0.15, 0.2) is 5.65 Å². The predicted octanol–water partition coefficient (Wildman–Crippen LogP) is 0.957. The van der Waals surface area contributed by atoms with Crippen molar-refractivity contribution in [3.05, 3.63) is 18.0 Å². The number of hydrogen-bond acceptors (Lipinski definition) is 4. The second-order valence-corrected chi connectivity index (χ2v) is 7.04. The minimum atomic E-state index is -3.95. The molecule has 2 aromatic rings. The van der Waals surface area contributed by atoms with E-state index < -0.39 is 35.5 Å². The van der Waals surface area contributed by atoms with Crippen LogP contribution in [0.25, 0.3) is 11.0 Å². The highest BCUT2D eigenvalue weighted by Gasteiger charge is 2.40. The fraction of sp³-hybridized carbons (Fsp3) is 0.500. The van der Waals surface area contributed by atoms with E-state index in [1.165, 1.54) is 12.3 Å². The maximum atomic E-state index is 13.2. The molecule has 0 spiro atoms. The van der Waals surface area contributed by atoms with Gasteiger partial charge in [0.2, 0.25) is 10.0 Å². The molecule has 0 radical (unpaired) electrons. The molecule has 1 aliphatic heterocycles. The smallest absolute Gasteiger partial charge is 0.244 e. The molecular formula is C12H14F2N4O2S. The normalized spacial score (nSPS) is 24.0. The number of nitrogens with zero attached hydrogens (tertiary/aromatic N) is 4. The molecule has 0 N–H and O–H groups in total. The van der Waals surface area contributed by atoms with E-state index in [0.29, 0.717) is 16.7 Å². The van der Waals surface area contributed by atoms with Gasteiger partial charge in [0, 0.05) is 31.7 Å². The number of halogens is 2. The molecule has 0 aromatic carbocycles. The number of fused-ring (bicyclic) bond motifs is 1. The number of aryl methyl sites for hydroxylation is 2. The van der Waals surface area contributed by atoms with Crippen molar-refractivity contribution in [3.8, 4) is 0 Å². The van der Waals surface area contributed by atoms with Crippen LogP contribution in [0.1, 0.15) is 5.69 Å². The van der Waals surface area contributed by atoms with E-state index in [2.05, 4.69) is 10.1 Å². The number of hydrogen-bond donors (Lipinski definition) is 0. The van der Waals surface area contributed by atoms with Gasteiger partial charge in [-0.3, -0.25) is 4.68 Å². The summed E-state index contributed by atoms with van der Waals surface area (Å²) >= 11 is 0. The lowest BCUT2D eigenvalue weighted by Crippen LogP contribution is -2.29. The van der Waals surface area contributed by atoms with Gasteiger partial charge in [-0.2, -0.15) is 9.40 Å². The molecule has 0 amide bonds. The minimum absolute atomic E-state index is 0.0765. The van der Waals surface area contributed by atoms with Crippen LogP contribution in [0.15, 0.2) is 17.2 Å². The second-order valence-electron chi connectivity index (χ2n) is 5.11. The van der Waals surface area contributed by atoms with Crippen LogP contribution in [0, 0.1) is 6.92 Å². The Morgan fingerprint density at radius 2 is 1.90 bits per heavy atom. The molecule has 2 aromatic heterocycles. The summed E-state index contributed by atoms with van der Waals surface area (Å²) in [7, 11) is -2.24. The Labute approximate surface area is 120 Å². The SMILES string of the molecule is Cc1nn(C)c2ncc(S(=O)(=O)N3C[C@@H](F)[C@@H](F)C3)cc12. The number of aromatic nitrogens is 3. The van der Waals surface area contributed by atoms with Crippen LogP contribution in [0.4, 0.5) is 8.78 Å². The van der Waals surface area contributed by atoms with E-state index in [1.807, 2.05) is 0 Å². The van der Waals surface area contributed by atoms with Crippen molar-refractivity contribution in [2.45, 2.75) is 24.2 Å². The molecule has 114 valence electrons. The fourth-order valence-corrected chi connectivity index (χ4v) is 3.90. The van der Waals surface area contributed by atoms with Gasteiger partial charge in [0.05, 0.1) is 5.69 Å². The Hall–Kier alpha value is -1.61. The third-order valence-electron chi connectivity index (χ3n) is 3.62. The van der Waals surface area contributed by atoms with Crippen molar-refractivity contribution in [1.29, 1.82) is 0 Å². The van der Waals surface area contributed by atoms with E-state index in [4.69, 9.17) is 0 Å². The zero-order valence-electron chi connectivity index (χ0n) is 11.5. The zero-order chi connectivity index (χ0) is 15.4. The lowest BCUT2D eigenvalue weighted by Gasteiger charge is -2.14. The van der Waals surface area contributed by atoms with Gasteiger partial charge < -0.3 is 0 Å². The Morgan fingerprint density at radius 3 is 2.52 bits per heavy atom. The monoisotopic (exact) mass is 316 g/mol. The molecule has 3 rings (SSSR count). The van der Waals surface area contributed by atoms with E-state index >= 15 is 0 Å². The fourth-order valence-electron chi connectivity index (χ4n) is 2.47. The topological polar surface area (TPSA) is 68.1 Å². The first kappa shape index (κ1) is 14.3. The second kappa shape index (κ2) is 4.70. The Morgan fingerprint density at radius 1 is 1.29 bits per heavy atom. The van der Waals surface area contributed by atoms with Gasteiger partial charge in [-0.25, -0.2) is 22.2 Å². The first-order valence-electron chi connectivity index (χ1n) is 6.38. The molecule has 2 atom stereocenters. The van der Waals surface area contributed by atoms with Gasteiger partial charge in [-0.15, -0.1) is 0 Å². The van der Waals surface area contributed by atoms with E-state index in [0.717, 1.165) is 4.31 Å². The van der Waals surface area contributed by atoms with E-state index in [1.54, 1.807) is 18.7 Å². The lowest BCUT2D eigenvalue weighted by atomic mass is 10.3. The summed E-state index contributed by atoms with van der Waals surface area (Å²) in [6, 6.07) is 1.44. The number of alkyl halides is 2. The first-order chi connectivity index (χ1) is 9.80. The number of rotatable bonds is 2. The van der Waals surface area contributed by atoms with Crippen molar-refractivity contribution in [2.24, 2.45) is 7.05 Å². The van der Waals surface area contributed by atoms with Crippen molar-refractivity contribution in [2.75, 3.05) is 13.1 Å². The van der Waals surface area contributed by atoms with Gasteiger partial charge in [0.25, 0.3) is 0 Å². The van der Waals surface area contributed by atoms with Crippen LogP contribution >= 0.6 is 0 Å². The number of pyridine rings is 1. The Balaban J connectivity index is 2.05. The average Bonchev–Trinajstić information content (AvgIpc) is 2.91. The van der Waals surface area contributed by atoms with E-state index in [-0.39, 0.29) is 4.90 Å². The molecule has 0 saturated carbocycles. The first-order valence-corrected chi connectivity index (χ1v) is 7.82. The summed E-state index contributed by atoms with van der Waals surface area (Å²) in [5.74, 6) is 0. The van der Waals surface area contributed by atoms with Crippen LogP contribution in [-0.2, 0) is 17.1 Å². The average molecular weight is 316 g/mol. The number of sulfonamides is 1. The Bertz CT molecular complexity index is 795. The predicted molar refractivity (Wildman–Crippen MR) is 71.8 cm³/mol. The standard InChI is InChI=1S/C12H14F2N4O2S/c1-7-9-3-8(4-15-12(9)17(2)16-7)21(19,20)18-5-10(13)11(14)6-18/h3-4,10-11H,5-6H2,1-2H3/t10-,11+.